The maximum Gasteiger partial charge on any atom is 0.194 e. The van der Waals surface area contributed by atoms with Crippen molar-refractivity contribution in [3.05, 3.63) is 53.3 Å². The molecule has 0 radical (unpaired) electrons. The lowest BCUT2D eigenvalue weighted by molar-refractivity contribution is -0.00805. The van der Waals surface area contributed by atoms with Crippen LogP contribution in [0.15, 0.2) is 41.7 Å². The van der Waals surface area contributed by atoms with Crippen LogP contribution in [0.1, 0.15) is 29.7 Å². The molecule has 1 aromatic heterocycles. The molecule has 2 aromatic rings. The number of morpholine rings is 2. The third-order valence-corrected chi connectivity index (χ3v) is 5.71. The van der Waals surface area contributed by atoms with E-state index in [1.807, 2.05) is 24.1 Å². The Kier molecular flexibility index (Phi) is 7.56. The fraction of sp³-hybridized carbons (Fsp3) is 0.565. The van der Waals surface area contributed by atoms with Gasteiger partial charge in [0, 0.05) is 51.5 Å². The van der Waals surface area contributed by atoms with E-state index in [4.69, 9.17) is 14.5 Å². The lowest BCUT2D eigenvalue weighted by Crippen LogP contribution is -2.48. The third-order valence-electron chi connectivity index (χ3n) is 5.71. The number of nitrogens with zero attached hydrogens (tertiary/aromatic N) is 5. The second kappa shape index (κ2) is 10.7. The molecule has 168 valence electrons. The molecule has 31 heavy (non-hydrogen) atoms. The van der Waals surface area contributed by atoms with Crippen LogP contribution in [0.4, 0.5) is 0 Å². The Morgan fingerprint density at radius 3 is 2.81 bits per heavy atom. The SMILES string of the molecule is CCNC(=NCc1cccc(CN2CCOCC2)c1)N1CCOC(c2cnn(C)c2)C1. The smallest absolute Gasteiger partial charge is 0.194 e. The number of benzene rings is 1. The highest BCUT2D eigenvalue weighted by atomic mass is 16.5. The van der Waals surface area contributed by atoms with Crippen LogP contribution in [0.25, 0.3) is 0 Å². The summed E-state index contributed by atoms with van der Waals surface area (Å²) in [6.07, 6.45) is 3.93. The molecular weight excluding hydrogens is 392 g/mol. The molecule has 0 aliphatic carbocycles. The predicted octanol–water partition coefficient (Wildman–Crippen LogP) is 1.79. The summed E-state index contributed by atoms with van der Waals surface area (Å²) < 4.78 is 13.3. The molecule has 1 atom stereocenters. The summed E-state index contributed by atoms with van der Waals surface area (Å²) in [5, 5.41) is 7.74. The van der Waals surface area contributed by atoms with Crippen molar-refractivity contribution in [3.63, 3.8) is 0 Å². The highest BCUT2D eigenvalue weighted by molar-refractivity contribution is 5.80. The number of aryl methyl sites for hydroxylation is 1. The van der Waals surface area contributed by atoms with Crippen LogP contribution in [0.2, 0.25) is 0 Å². The maximum absolute atomic E-state index is 6.00. The number of aromatic nitrogens is 2. The average Bonchev–Trinajstić information content (AvgIpc) is 3.24. The fourth-order valence-corrected chi connectivity index (χ4v) is 4.09. The fourth-order valence-electron chi connectivity index (χ4n) is 4.09. The van der Waals surface area contributed by atoms with E-state index in [1.54, 1.807) is 0 Å². The Morgan fingerprint density at radius 1 is 1.19 bits per heavy atom. The predicted molar refractivity (Wildman–Crippen MR) is 121 cm³/mol. The van der Waals surface area contributed by atoms with Gasteiger partial charge in [-0.05, 0) is 18.1 Å². The number of hydrogen-bond acceptors (Lipinski definition) is 5. The van der Waals surface area contributed by atoms with Crippen LogP contribution in [0.3, 0.4) is 0 Å². The van der Waals surface area contributed by atoms with Gasteiger partial charge in [0.25, 0.3) is 0 Å². The van der Waals surface area contributed by atoms with Gasteiger partial charge in [0.05, 0.1) is 39.1 Å². The Balaban J connectivity index is 1.41. The van der Waals surface area contributed by atoms with Crippen LogP contribution in [-0.2, 0) is 29.6 Å². The highest BCUT2D eigenvalue weighted by Crippen LogP contribution is 2.22. The third kappa shape index (κ3) is 6.06. The molecule has 8 heteroatoms. The molecule has 1 N–H and O–H groups in total. The van der Waals surface area contributed by atoms with Crippen molar-refractivity contribution in [2.45, 2.75) is 26.1 Å². The zero-order chi connectivity index (χ0) is 21.5. The summed E-state index contributed by atoms with van der Waals surface area (Å²) in [6.45, 7) is 10.5. The van der Waals surface area contributed by atoms with Gasteiger partial charge >= 0.3 is 0 Å². The molecule has 0 saturated carbocycles. The van der Waals surface area contributed by atoms with Crippen molar-refractivity contribution in [2.75, 3.05) is 52.5 Å². The molecule has 0 spiro atoms. The molecular formula is C23H34N6O2. The topological polar surface area (TPSA) is 67.2 Å². The molecule has 0 bridgehead atoms. The Bertz CT molecular complexity index is 861. The minimum Gasteiger partial charge on any atom is -0.379 e. The monoisotopic (exact) mass is 426 g/mol. The summed E-state index contributed by atoms with van der Waals surface area (Å²) in [6, 6.07) is 8.78. The van der Waals surface area contributed by atoms with E-state index in [-0.39, 0.29) is 6.10 Å². The van der Waals surface area contributed by atoms with E-state index in [2.05, 4.69) is 51.4 Å². The second-order valence-corrected chi connectivity index (χ2v) is 8.13. The van der Waals surface area contributed by atoms with E-state index in [1.165, 1.54) is 11.1 Å². The number of rotatable bonds is 6. The minimum atomic E-state index is 0.0168. The largest absolute Gasteiger partial charge is 0.379 e. The first-order chi connectivity index (χ1) is 15.2. The molecule has 2 fully saturated rings. The van der Waals surface area contributed by atoms with Gasteiger partial charge in [0.1, 0.15) is 6.10 Å². The van der Waals surface area contributed by atoms with Crippen LogP contribution < -0.4 is 5.32 Å². The van der Waals surface area contributed by atoms with Crippen LogP contribution in [0.5, 0.6) is 0 Å². The van der Waals surface area contributed by atoms with E-state index >= 15 is 0 Å². The van der Waals surface area contributed by atoms with Crippen molar-refractivity contribution < 1.29 is 9.47 Å². The Morgan fingerprint density at radius 2 is 2.03 bits per heavy atom. The van der Waals surface area contributed by atoms with Gasteiger partial charge in [-0.3, -0.25) is 9.58 Å². The quantitative estimate of drug-likeness (QED) is 0.561. The van der Waals surface area contributed by atoms with Crippen molar-refractivity contribution in [1.82, 2.24) is 24.9 Å². The van der Waals surface area contributed by atoms with Gasteiger partial charge in [-0.1, -0.05) is 24.3 Å². The summed E-state index contributed by atoms with van der Waals surface area (Å²) in [5.41, 5.74) is 3.68. The average molecular weight is 427 g/mol. The lowest BCUT2D eigenvalue weighted by Gasteiger charge is -2.34. The number of hydrogen-bond donors (Lipinski definition) is 1. The summed E-state index contributed by atoms with van der Waals surface area (Å²) >= 11 is 0. The summed E-state index contributed by atoms with van der Waals surface area (Å²) in [4.78, 5) is 9.69. The van der Waals surface area contributed by atoms with E-state index in [0.29, 0.717) is 13.2 Å². The van der Waals surface area contributed by atoms with E-state index in [0.717, 1.165) is 64.0 Å². The number of guanidine groups is 1. The number of ether oxygens (including phenoxy) is 2. The summed E-state index contributed by atoms with van der Waals surface area (Å²) in [7, 11) is 1.93. The number of nitrogens with one attached hydrogen (secondary N) is 1. The van der Waals surface area contributed by atoms with Gasteiger partial charge in [-0.25, -0.2) is 4.99 Å². The molecule has 8 nitrogen and oxygen atoms in total. The molecule has 2 saturated heterocycles. The maximum atomic E-state index is 6.00. The van der Waals surface area contributed by atoms with Crippen LogP contribution in [-0.4, -0.2) is 78.1 Å². The molecule has 4 rings (SSSR count). The first-order valence-corrected chi connectivity index (χ1v) is 11.2. The van der Waals surface area contributed by atoms with Crippen molar-refractivity contribution in [2.24, 2.45) is 12.0 Å². The van der Waals surface area contributed by atoms with Crippen molar-refractivity contribution >= 4 is 5.96 Å². The molecule has 2 aliphatic heterocycles. The molecule has 1 aromatic carbocycles. The Labute approximate surface area is 184 Å². The second-order valence-electron chi connectivity index (χ2n) is 8.13. The van der Waals surface area contributed by atoms with E-state index in [9.17, 15) is 0 Å². The zero-order valence-corrected chi connectivity index (χ0v) is 18.7. The summed E-state index contributed by atoms with van der Waals surface area (Å²) in [5.74, 6) is 0.943. The highest BCUT2D eigenvalue weighted by Gasteiger charge is 2.25. The Hall–Kier alpha value is -2.42. The van der Waals surface area contributed by atoms with Gasteiger partial charge in [-0.15, -0.1) is 0 Å². The van der Waals surface area contributed by atoms with Gasteiger partial charge in [0.15, 0.2) is 5.96 Å². The van der Waals surface area contributed by atoms with Gasteiger partial charge in [0.2, 0.25) is 0 Å². The standard InChI is InChI=1S/C23H34N6O2/c1-3-24-23(29-9-12-31-22(18-29)21-15-26-27(2)17-21)25-14-19-5-4-6-20(13-19)16-28-7-10-30-11-8-28/h4-6,13,15,17,22H,3,7-12,14,16,18H2,1-2H3,(H,24,25). The van der Waals surface area contributed by atoms with Crippen molar-refractivity contribution in [1.29, 1.82) is 0 Å². The minimum absolute atomic E-state index is 0.0168. The van der Waals surface area contributed by atoms with Crippen LogP contribution in [0, 0.1) is 0 Å². The van der Waals surface area contributed by atoms with E-state index < -0.39 is 0 Å². The molecule has 1 unspecified atom stereocenters. The van der Waals surface area contributed by atoms with Gasteiger partial charge in [-0.2, -0.15) is 5.10 Å². The normalized spacial score (nSPS) is 20.8. The molecule has 0 amide bonds. The number of aliphatic imine (C=N–C) groups is 1. The zero-order valence-electron chi connectivity index (χ0n) is 18.7. The lowest BCUT2D eigenvalue weighted by atomic mass is 10.1. The van der Waals surface area contributed by atoms with Gasteiger partial charge < -0.3 is 19.7 Å². The first kappa shape index (κ1) is 21.8. The molecule has 2 aliphatic rings. The van der Waals surface area contributed by atoms with Crippen LogP contribution >= 0.6 is 0 Å². The first-order valence-electron chi connectivity index (χ1n) is 11.2. The van der Waals surface area contributed by atoms with Crippen molar-refractivity contribution in [3.8, 4) is 0 Å². The molecule has 3 heterocycles.